The monoisotopic (exact) mass is 338 g/mol. The summed E-state index contributed by atoms with van der Waals surface area (Å²) in [6, 6.07) is 0. The number of hydrogen-bond acceptors (Lipinski definition) is 3. The van der Waals surface area contributed by atoms with Gasteiger partial charge in [-0.15, -0.1) is 10.2 Å². The van der Waals surface area contributed by atoms with Crippen LogP contribution in [0.2, 0.25) is 0 Å². The highest BCUT2D eigenvalue weighted by molar-refractivity contribution is 14.1. The quantitative estimate of drug-likeness (QED) is 0.517. The Hall–Kier alpha value is 0.290. The molecular formula is C11H19IN2S. The molecule has 1 aromatic heterocycles. The van der Waals surface area contributed by atoms with Crippen molar-refractivity contribution in [1.82, 2.24) is 10.2 Å². The highest BCUT2D eigenvalue weighted by Crippen LogP contribution is 2.15. The molecule has 0 atom stereocenters. The van der Waals surface area contributed by atoms with Crippen LogP contribution in [-0.2, 0) is 6.42 Å². The Kier molecular flexibility index (Phi) is 7.52. The Labute approximate surface area is 110 Å². The van der Waals surface area contributed by atoms with Gasteiger partial charge in [-0.05, 0) is 29.0 Å². The van der Waals surface area contributed by atoms with E-state index in [9.17, 15) is 0 Å². The summed E-state index contributed by atoms with van der Waals surface area (Å²) in [5.74, 6) is 0. The zero-order valence-corrected chi connectivity index (χ0v) is 12.3. The summed E-state index contributed by atoms with van der Waals surface area (Å²) in [7, 11) is 0. The zero-order valence-electron chi connectivity index (χ0n) is 9.34. The van der Waals surface area contributed by atoms with Crippen molar-refractivity contribution in [2.45, 2.75) is 58.3 Å². The molecule has 0 saturated heterocycles. The Morgan fingerprint density at radius 1 is 1.00 bits per heavy atom. The Morgan fingerprint density at radius 2 is 1.67 bits per heavy atom. The van der Waals surface area contributed by atoms with E-state index in [1.54, 1.807) is 11.3 Å². The van der Waals surface area contributed by atoms with E-state index in [-0.39, 0.29) is 0 Å². The fourth-order valence-electron chi connectivity index (χ4n) is 1.57. The summed E-state index contributed by atoms with van der Waals surface area (Å²) in [5, 5.41) is 9.34. The van der Waals surface area contributed by atoms with Gasteiger partial charge in [-0.25, -0.2) is 0 Å². The second-order valence-electron chi connectivity index (χ2n) is 3.82. The predicted octanol–water partition coefficient (Wildman–Crippen LogP) is 4.44. The predicted molar refractivity (Wildman–Crippen MR) is 74.3 cm³/mol. The molecule has 2 nitrogen and oxygen atoms in total. The van der Waals surface area contributed by atoms with Gasteiger partial charge < -0.3 is 0 Å². The summed E-state index contributed by atoms with van der Waals surface area (Å²) in [6.07, 6.45) is 10.7. The van der Waals surface area contributed by atoms with Crippen molar-refractivity contribution in [2.75, 3.05) is 0 Å². The Balaban J connectivity index is 1.93. The maximum absolute atomic E-state index is 4.12. The van der Waals surface area contributed by atoms with Crippen LogP contribution in [0.3, 0.4) is 0 Å². The van der Waals surface area contributed by atoms with Crippen LogP contribution in [0.15, 0.2) is 0 Å². The summed E-state index contributed by atoms with van der Waals surface area (Å²) >= 11 is 3.95. The number of nitrogens with zero attached hydrogens (tertiary/aromatic N) is 2. The maximum Gasteiger partial charge on any atom is 0.178 e. The zero-order chi connectivity index (χ0) is 10.9. The van der Waals surface area contributed by atoms with Crippen LogP contribution in [0.5, 0.6) is 0 Å². The van der Waals surface area contributed by atoms with Crippen LogP contribution in [-0.4, -0.2) is 10.2 Å². The van der Waals surface area contributed by atoms with Crippen molar-refractivity contribution in [3.63, 3.8) is 0 Å². The molecule has 0 aliphatic rings. The van der Waals surface area contributed by atoms with Crippen molar-refractivity contribution in [2.24, 2.45) is 0 Å². The molecule has 0 spiro atoms. The number of unbranched alkanes of at least 4 members (excludes halogenated alkanes) is 6. The molecule has 4 heteroatoms. The van der Waals surface area contributed by atoms with Gasteiger partial charge in [0.15, 0.2) is 3.01 Å². The molecule has 0 radical (unpaired) electrons. The molecule has 0 fully saturated rings. The first-order chi connectivity index (χ1) is 7.33. The molecule has 15 heavy (non-hydrogen) atoms. The van der Waals surface area contributed by atoms with Gasteiger partial charge >= 0.3 is 0 Å². The summed E-state index contributed by atoms with van der Waals surface area (Å²) in [4.78, 5) is 0. The minimum atomic E-state index is 1.06. The molecule has 0 unspecified atom stereocenters. The lowest BCUT2D eigenvalue weighted by molar-refractivity contribution is 0.588. The van der Waals surface area contributed by atoms with E-state index in [1.165, 1.54) is 50.0 Å². The van der Waals surface area contributed by atoms with Crippen LogP contribution >= 0.6 is 33.9 Å². The van der Waals surface area contributed by atoms with Gasteiger partial charge in [0, 0.05) is 6.42 Å². The first-order valence-corrected chi connectivity index (χ1v) is 7.70. The van der Waals surface area contributed by atoms with Gasteiger partial charge in [0.05, 0.1) is 0 Å². The van der Waals surface area contributed by atoms with E-state index < -0.39 is 0 Å². The summed E-state index contributed by atoms with van der Waals surface area (Å²) < 4.78 is 1.06. The van der Waals surface area contributed by atoms with Gasteiger partial charge in [0.1, 0.15) is 5.01 Å². The van der Waals surface area contributed by atoms with Gasteiger partial charge in [-0.1, -0.05) is 56.8 Å². The van der Waals surface area contributed by atoms with Gasteiger partial charge in [-0.3, -0.25) is 0 Å². The first kappa shape index (κ1) is 13.4. The van der Waals surface area contributed by atoms with Crippen molar-refractivity contribution < 1.29 is 0 Å². The molecule has 1 aromatic rings. The standard InChI is InChI=1S/C11H19IN2S/c1-2-3-4-5-6-7-8-9-10-13-14-11(12)15-10/h2-9H2,1H3. The summed E-state index contributed by atoms with van der Waals surface area (Å²) in [6.45, 7) is 2.26. The van der Waals surface area contributed by atoms with E-state index in [4.69, 9.17) is 0 Å². The van der Waals surface area contributed by atoms with E-state index in [0.29, 0.717) is 0 Å². The lowest BCUT2D eigenvalue weighted by atomic mass is 10.1. The van der Waals surface area contributed by atoms with Crippen molar-refractivity contribution in [1.29, 1.82) is 0 Å². The van der Waals surface area contributed by atoms with E-state index in [0.717, 1.165) is 9.44 Å². The average molecular weight is 338 g/mol. The number of aromatic nitrogens is 2. The van der Waals surface area contributed by atoms with Crippen molar-refractivity contribution in [3.8, 4) is 0 Å². The molecule has 1 rings (SSSR count). The normalized spacial score (nSPS) is 10.8. The largest absolute Gasteiger partial charge is 0.178 e. The second kappa shape index (κ2) is 8.44. The first-order valence-electron chi connectivity index (χ1n) is 5.81. The van der Waals surface area contributed by atoms with Gasteiger partial charge in [0.25, 0.3) is 0 Å². The fourth-order valence-corrected chi connectivity index (χ4v) is 3.04. The number of rotatable bonds is 8. The minimum absolute atomic E-state index is 1.06. The minimum Gasteiger partial charge on any atom is -0.143 e. The topological polar surface area (TPSA) is 25.8 Å². The van der Waals surface area contributed by atoms with E-state index >= 15 is 0 Å². The molecule has 0 amide bonds. The van der Waals surface area contributed by atoms with Crippen LogP contribution in [0.25, 0.3) is 0 Å². The highest BCUT2D eigenvalue weighted by atomic mass is 127. The third-order valence-electron chi connectivity index (χ3n) is 2.44. The number of halogens is 1. The van der Waals surface area contributed by atoms with Gasteiger partial charge in [-0.2, -0.15) is 0 Å². The van der Waals surface area contributed by atoms with Crippen LogP contribution < -0.4 is 0 Å². The second-order valence-corrected chi connectivity index (χ2v) is 6.64. The number of hydrogen-bond donors (Lipinski definition) is 0. The van der Waals surface area contributed by atoms with E-state index in [1.807, 2.05) is 0 Å². The molecular weight excluding hydrogens is 319 g/mol. The Bertz CT molecular complexity index is 263. The summed E-state index contributed by atoms with van der Waals surface area (Å²) in [5.41, 5.74) is 0. The van der Waals surface area contributed by atoms with Crippen LogP contribution in [0.1, 0.15) is 56.9 Å². The third kappa shape index (κ3) is 6.45. The lowest BCUT2D eigenvalue weighted by Gasteiger charge is -1.99. The molecule has 0 saturated carbocycles. The molecule has 0 aliphatic carbocycles. The third-order valence-corrected chi connectivity index (χ3v) is 4.08. The fraction of sp³-hybridized carbons (Fsp3) is 0.818. The molecule has 0 bridgehead atoms. The molecule has 86 valence electrons. The average Bonchev–Trinajstić information content (AvgIpc) is 2.63. The van der Waals surface area contributed by atoms with E-state index in [2.05, 4.69) is 39.7 Å². The van der Waals surface area contributed by atoms with Crippen molar-refractivity contribution in [3.05, 3.63) is 8.02 Å². The molecule has 0 aromatic carbocycles. The Morgan fingerprint density at radius 3 is 2.27 bits per heavy atom. The SMILES string of the molecule is CCCCCCCCCc1nnc(I)s1. The van der Waals surface area contributed by atoms with Gasteiger partial charge in [0.2, 0.25) is 0 Å². The highest BCUT2D eigenvalue weighted by Gasteiger charge is 2.00. The maximum atomic E-state index is 4.12. The number of aryl methyl sites for hydroxylation is 1. The van der Waals surface area contributed by atoms with Crippen LogP contribution in [0, 0.1) is 3.01 Å². The van der Waals surface area contributed by atoms with Crippen molar-refractivity contribution >= 4 is 33.9 Å². The molecule has 0 aliphatic heterocycles. The smallest absolute Gasteiger partial charge is 0.143 e. The lowest BCUT2D eigenvalue weighted by Crippen LogP contribution is -1.85. The molecule has 1 heterocycles. The van der Waals surface area contributed by atoms with Crippen LogP contribution in [0.4, 0.5) is 0 Å². The molecule has 0 N–H and O–H groups in total.